The first-order chi connectivity index (χ1) is 9.18. The predicted octanol–water partition coefficient (Wildman–Crippen LogP) is 4.01. The second kappa shape index (κ2) is 4.90. The number of rotatable bonds is 1. The summed E-state index contributed by atoms with van der Waals surface area (Å²) in [6, 6.07) is 2.96. The van der Waals surface area contributed by atoms with E-state index < -0.39 is 24.2 Å². The van der Waals surface area contributed by atoms with Gasteiger partial charge in [-0.2, -0.15) is 13.2 Å². The zero-order valence-corrected chi connectivity index (χ0v) is 10.7. The molecule has 0 aromatic heterocycles. The third-order valence-electron chi connectivity index (χ3n) is 2.51. The Morgan fingerprint density at radius 1 is 1.45 bits per heavy atom. The van der Waals surface area contributed by atoms with Crippen molar-refractivity contribution in [3.63, 3.8) is 0 Å². The van der Waals surface area contributed by atoms with E-state index in [1.165, 1.54) is 12.1 Å². The van der Waals surface area contributed by atoms with Crippen molar-refractivity contribution in [2.75, 3.05) is 0 Å². The number of aryl methyl sites for hydroxylation is 1. The molecule has 0 fully saturated rings. The molecule has 1 aromatic carbocycles. The highest BCUT2D eigenvalue weighted by molar-refractivity contribution is 6.32. The van der Waals surface area contributed by atoms with Crippen molar-refractivity contribution in [3.8, 4) is 5.75 Å². The number of benzene rings is 1. The molecule has 1 heterocycles. The van der Waals surface area contributed by atoms with Gasteiger partial charge in [-0.3, -0.25) is 0 Å². The van der Waals surface area contributed by atoms with Gasteiger partial charge in [-0.05, 0) is 30.7 Å². The fraction of sp³-hybridized carbons (Fsp3) is 0.250. The molecule has 1 N–H and O–H groups in total. The molecule has 1 atom stereocenters. The van der Waals surface area contributed by atoms with E-state index in [4.69, 9.17) is 21.4 Å². The molecular weight excluding hydrogens is 301 g/mol. The summed E-state index contributed by atoms with van der Waals surface area (Å²) in [5.41, 5.74) is 0.917. The van der Waals surface area contributed by atoms with Gasteiger partial charge in [-0.15, -0.1) is 0 Å². The zero-order chi connectivity index (χ0) is 15.1. The minimum Gasteiger partial charge on any atom is -0.471 e. The Hall–Kier alpha value is -1.89. The van der Waals surface area contributed by atoms with Gasteiger partial charge in [0.05, 0.1) is 5.02 Å². The quantitative estimate of drug-likeness (QED) is 0.796. The predicted molar refractivity (Wildman–Crippen MR) is 63.7 cm³/mol. The van der Waals surface area contributed by atoms with Crippen LogP contribution in [0.3, 0.4) is 0 Å². The van der Waals surface area contributed by atoms with Crippen LogP contribution in [0.25, 0.3) is 6.08 Å². The van der Waals surface area contributed by atoms with Crippen LogP contribution >= 0.6 is 11.6 Å². The maximum Gasteiger partial charge on any atom is 0.511 e. The molecule has 0 radical (unpaired) electrons. The number of fused-ring (bicyclic) bond motifs is 1. The highest BCUT2D eigenvalue weighted by Crippen LogP contribution is 2.41. The summed E-state index contributed by atoms with van der Waals surface area (Å²) in [5, 5.41) is 8.51. The maximum atomic E-state index is 12.9. The van der Waals surface area contributed by atoms with Gasteiger partial charge in [-0.25, -0.2) is 4.79 Å². The number of ether oxygens (including phenoxy) is 2. The molecule has 0 bridgehead atoms. The Morgan fingerprint density at radius 3 is 2.65 bits per heavy atom. The monoisotopic (exact) mass is 308 g/mol. The molecule has 0 amide bonds. The number of carboxylic acid groups (broad SMARTS) is 1. The topological polar surface area (TPSA) is 55.8 Å². The summed E-state index contributed by atoms with van der Waals surface area (Å²) in [4.78, 5) is 10.5. The van der Waals surface area contributed by atoms with Crippen LogP contribution < -0.4 is 4.74 Å². The second-order valence-corrected chi connectivity index (χ2v) is 4.53. The molecule has 1 aliphatic heterocycles. The molecule has 1 aliphatic rings. The summed E-state index contributed by atoms with van der Waals surface area (Å²) in [5.74, 6) is -1.00. The van der Waals surface area contributed by atoms with Gasteiger partial charge >= 0.3 is 12.3 Å². The molecule has 1 aromatic rings. The Labute approximate surface area is 116 Å². The van der Waals surface area contributed by atoms with Crippen LogP contribution in [0, 0.1) is 6.92 Å². The van der Waals surface area contributed by atoms with Crippen LogP contribution in [0.5, 0.6) is 5.75 Å². The highest BCUT2D eigenvalue weighted by Gasteiger charge is 2.48. The minimum atomic E-state index is -4.83. The van der Waals surface area contributed by atoms with E-state index in [1.54, 1.807) is 6.92 Å². The van der Waals surface area contributed by atoms with Crippen molar-refractivity contribution < 1.29 is 32.5 Å². The Balaban J connectivity index is 2.53. The standard InChI is InChI=1S/C12H8ClF3O4/c1-5-2-6-4-8(19-11(17)18)10(12(14,15)16)20-9(6)7(13)3-5/h2-4,10H,1H3,(H,17,18). The van der Waals surface area contributed by atoms with Gasteiger partial charge in [0.1, 0.15) is 5.75 Å². The lowest BCUT2D eigenvalue weighted by molar-refractivity contribution is -0.191. The lowest BCUT2D eigenvalue weighted by atomic mass is 10.1. The van der Waals surface area contributed by atoms with Crippen LogP contribution in [0.1, 0.15) is 11.1 Å². The fourth-order valence-electron chi connectivity index (χ4n) is 1.80. The zero-order valence-electron chi connectivity index (χ0n) is 9.99. The molecule has 0 saturated carbocycles. The average molecular weight is 309 g/mol. The molecule has 20 heavy (non-hydrogen) atoms. The van der Waals surface area contributed by atoms with Crippen molar-refractivity contribution in [2.24, 2.45) is 0 Å². The maximum absolute atomic E-state index is 12.9. The first-order valence-corrected chi connectivity index (χ1v) is 5.72. The largest absolute Gasteiger partial charge is 0.511 e. The highest BCUT2D eigenvalue weighted by atomic mass is 35.5. The fourth-order valence-corrected chi connectivity index (χ4v) is 2.13. The number of alkyl halides is 3. The third-order valence-corrected chi connectivity index (χ3v) is 2.79. The smallest absolute Gasteiger partial charge is 0.471 e. The van der Waals surface area contributed by atoms with Crippen LogP contribution in [0.15, 0.2) is 17.9 Å². The van der Waals surface area contributed by atoms with Gasteiger partial charge in [0, 0.05) is 5.56 Å². The van der Waals surface area contributed by atoms with Crippen molar-refractivity contribution in [1.82, 2.24) is 0 Å². The van der Waals surface area contributed by atoms with E-state index in [9.17, 15) is 18.0 Å². The molecule has 0 saturated heterocycles. The van der Waals surface area contributed by atoms with Gasteiger partial charge in [-0.1, -0.05) is 11.6 Å². The number of hydrogen-bond acceptors (Lipinski definition) is 3. The summed E-state index contributed by atoms with van der Waals surface area (Å²) >= 11 is 5.84. The lowest BCUT2D eigenvalue weighted by Crippen LogP contribution is -2.39. The van der Waals surface area contributed by atoms with Crippen LogP contribution in [0.2, 0.25) is 5.02 Å². The van der Waals surface area contributed by atoms with Crippen LogP contribution in [-0.2, 0) is 4.74 Å². The van der Waals surface area contributed by atoms with Gasteiger partial charge in [0.15, 0.2) is 5.76 Å². The van der Waals surface area contributed by atoms with E-state index in [2.05, 4.69) is 4.74 Å². The normalized spacial score (nSPS) is 17.9. The summed E-state index contributed by atoms with van der Waals surface area (Å²) in [7, 11) is 0. The van der Waals surface area contributed by atoms with Crippen molar-refractivity contribution in [3.05, 3.63) is 34.0 Å². The van der Waals surface area contributed by atoms with E-state index in [0.717, 1.165) is 6.08 Å². The minimum absolute atomic E-state index is 0.0138. The SMILES string of the molecule is Cc1cc(Cl)c2c(c1)C=C(OC(=O)O)C(C(F)(F)F)O2. The van der Waals surface area contributed by atoms with Crippen molar-refractivity contribution in [1.29, 1.82) is 0 Å². The molecule has 2 rings (SSSR count). The molecule has 1 unspecified atom stereocenters. The summed E-state index contributed by atoms with van der Waals surface area (Å²) in [6.07, 6.45) is -8.22. The Bertz CT molecular complexity index is 595. The molecular formula is C12H8ClF3O4. The Kier molecular flexibility index (Phi) is 3.56. The van der Waals surface area contributed by atoms with Crippen LogP contribution in [-0.4, -0.2) is 23.5 Å². The number of carbonyl (C=O) groups is 1. The third kappa shape index (κ3) is 2.82. The van der Waals surface area contributed by atoms with E-state index in [1.807, 2.05) is 0 Å². The van der Waals surface area contributed by atoms with Crippen molar-refractivity contribution >= 4 is 23.8 Å². The average Bonchev–Trinajstić information content (AvgIpc) is 2.25. The molecule has 8 heteroatoms. The number of halogens is 4. The molecule has 0 aliphatic carbocycles. The molecule has 4 nitrogen and oxygen atoms in total. The van der Waals surface area contributed by atoms with Crippen LogP contribution in [0.4, 0.5) is 18.0 Å². The lowest BCUT2D eigenvalue weighted by Gasteiger charge is -2.28. The van der Waals surface area contributed by atoms with Gasteiger partial charge in [0.2, 0.25) is 0 Å². The first-order valence-electron chi connectivity index (χ1n) is 5.34. The van der Waals surface area contributed by atoms with E-state index in [-0.39, 0.29) is 16.3 Å². The van der Waals surface area contributed by atoms with E-state index >= 15 is 0 Å². The molecule has 0 spiro atoms. The molecule has 108 valence electrons. The van der Waals surface area contributed by atoms with Gasteiger partial charge < -0.3 is 14.6 Å². The first kappa shape index (κ1) is 14.5. The van der Waals surface area contributed by atoms with E-state index in [0.29, 0.717) is 5.56 Å². The van der Waals surface area contributed by atoms with Gasteiger partial charge in [0.25, 0.3) is 6.10 Å². The summed E-state index contributed by atoms with van der Waals surface area (Å²) in [6.45, 7) is 1.69. The van der Waals surface area contributed by atoms with Crippen molar-refractivity contribution in [2.45, 2.75) is 19.2 Å². The Morgan fingerprint density at radius 2 is 2.10 bits per heavy atom. The second-order valence-electron chi connectivity index (χ2n) is 4.12. The number of hydrogen-bond donors (Lipinski definition) is 1. The summed E-state index contributed by atoms with van der Waals surface area (Å²) < 4.78 is 47.5.